The molecule has 1 heterocycles. The van der Waals surface area contributed by atoms with Gasteiger partial charge in [0.1, 0.15) is 5.69 Å². The lowest BCUT2D eigenvalue weighted by Gasteiger charge is -2.33. The van der Waals surface area contributed by atoms with Crippen LogP contribution < -0.4 is 5.32 Å². The maximum absolute atomic E-state index is 11.4. The zero-order chi connectivity index (χ0) is 17.0. The van der Waals surface area contributed by atoms with Gasteiger partial charge in [-0.15, -0.1) is 0 Å². The summed E-state index contributed by atoms with van der Waals surface area (Å²) in [6.07, 6.45) is 1.94. The highest BCUT2D eigenvalue weighted by Gasteiger charge is 2.23. The van der Waals surface area contributed by atoms with Crippen molar-refractivity contribution in [2.75, 3.05) is 25.0 Å². The van der Waals surface area contributed by atoms with Crippen molar-refractivity contribution in [2.24, 2.45) is 5.92 Å². The normalized spacial score (nSPS) is 16.5. The molecule has 1 aliphatic heterocycles. The second kappa shape index (κ2) is 7.55. The number of likely N-dealkylation sites (tertiary alicyclic amines) is 1. The van der Waals surface area contributed by atoms with Crippen LogP contribution in [0.1, 0.15) is 44.0 Å². The highest BCUT2D eigenvalue weighted by molar-refractivity contribution is 5.95. The average Bonchev–Trinajstić information content (AvgIpc) is 2.48. The highest BCUT2D eigenvalue weighted by Crippen LogP contribution is 2.28. The lowest BCUT2D eigenvalue weighted by atomic mass is 10.0. The van der Waals surface area contributed by atoms with E-state index >= 15 is 0 Å². The lowest BCUT2D eigenvalue weighted by molar-refractivity contribution is -0.384. The van der Waals surface area contributed by atoms with E-state index in [1.54, 1.807) is 12.1 Å². The van der Waals surface area contributed by atoms with E-state index in [0.29, 0.717) is 17.2 Å². The SMILES string of the molecule is CC(=O)c1ccc(NC2CCN(CC(C)C)CC2)c([N+](=O)[O-])c1. The standard InChI is InChI=1S/C17H25N3O3/c1-12(2)11-19-8-6-15(7-9-19)18-16-5-4-14(13(3)21)10-17(16)20(22)23/h4-5,10,12,15,18H,6-9,11H2,1-3H3. The summed E-state index contributed by atoms with van der Waals surface area (Å²) in [6, 6.07) is 4.89. The number of benzene rings is 1. The number of nitrogens with zero attached hydrogens (tertiary/aromatic N) is 2. The monoisotopic (exact) mass is 319 g/mol. The Balaban J connectivity index is 2.03. The Bertz CT molecular complexity index is 578. The minimum Gasteiger partial charge on any atom is -0.377 e. The van der Waals surface area contributed by atoms with Crippen LogP contribution in [0.15, 0.2) is 18.2 Å². The van der Waals surface area contributed by atoms with E-state index in [-0.39, 0.29) is 17.5 Å². The van der Waals surface area contributed by atoms with Gasteiger partial charge in [-0.05, 0) is 37.8 Å². The number of carbonyl (C=O) groups is 1. The van der Waals surface area contributed by atoms with Crippen LogP contribution in [0, 0.1) is 16.0 Å². The summed E-state index contributed by atoms with van der Waals surface area (Å²) in [5, 5.41) is 14.5. The number of nitro benzene ring substituents is 1. The van der Waals surface area contributed by atoms with Crippen LogP contribution in [-0.4, -0.2) is 41.3 Å². The van der Waals surface area contributed by atoms with Gasteiger partial charge in [0.2, 0.25) is 0 Å². The second-order valence-electron chi connectivity index (χ2n) is 6.66. The molecule has 6 nitrogen and oxygen atoms in total. The van der Waals surface area contributed by atoms with Gasteiger partial charge in [0.15, 0.2) is 5.78 Å². The first-order valence-electron chi connectivity index (χ1n) is 8.15. The fourth-order valence-corrected chi connectivity index (χ4v) is 3.02. The molecule has 0 spiro atoms. The molecule has 0 bridgehead atoms. The summed E-state index contributed by atoms with van der Waals surface area (Å²) >= 11 is 0. The minimum absolute atomic E-state index is 0.0256. The predicted molar refractivity (Wildman–Crippen MR) is 91.0 cm³/mol. The molecule has 0 atom stereocenters. The van der Waals surface area contributed by atoms with Crippen molar-refractivity contribution in [3.63, 3.8) is 0 Å². The number of rotatable bonds is 6. The average molecular weight is 319 g/mol. The molecule has 0 radical (unpaired) electrons. The van der Waals surface area contributed by atoms with Gasteiger partial charge in [0, 0.05) is 37.3 Å². The fraction of sp³-hybridized carbons (Fsp3) is 0.588. The van der Waals surface area contributed by atoms with Gasteiger partial charge in [-0.1, -0.05) is 13.8 Å². The third-order valence-electron chi connectivity index (χ3n) is 4.17. The number of hydrogen-bond acceptors (Lipinski definition) is 5. The Hall–Kier alpha value is -1.95. The lowest BCUT2D eigenvalue weighted by Crippen LogP contribution is -2.40. The van der Waals surface area contributed by atoms with Crippen LogP contribution in [-0.2, 0) is 0 Å². The zero-order valence-electron chi connectivity index (χ0n) is 14.0. The van der Waals surface area contributed by atoms with Crippen molar-refractivity contribution in [3.8, 4) is 0 Å². The molecule has 0 unspecified atom stereocenters. The number of nitro groups is 1. The molecular weight excluding hydrogens is 294 g/mol. The second-order valence-corrected chi connectivity index (χ2v) is 6.66. The molecule has 126 valence electrons. The van der Waals surface area contributed by atoms with Gasteiger partial charge in [0.25, 0.3) is 5.69 Å². The maximum Gasteiger partial charge on any atom is 0.293 e. The summed E-state index contributed by atoms with van der Waals surface area (Å²) in [6.45, 7) is 8.95. The van der Waals surface area contributed by atoms with E-state index in [4.69, 9.17) is 0 Å². The van der Waals surface area contributed by atoms with Crippen molar-refractivity contribution in [3.05, 3.63) is 33.9 Å². The number of carbonyl (C=O) groups excluding carboxylic acids is 1. The Morgan fingerprint density at radius 3 is 2.57 bits per heavy atom. The Kier molecular flexibility index (Phi) is 5.71. The quantitative estimate of drug-likeness (QED) is 0.494. The van der Waals surface area contributed by atoms with Gasteiger partial charge >= 0.3 is 0 Å². The first-order chi connectivity index (χ1) is 10.9. The third kappa shape index (κ3) is 4.76. The summed E-state index contributed by atoms with van der Waals surface area (Å²) in [7, 11) is 0. The number of Topliss-reactive ketones (excluding diaryl/α,β-unsaturated/α-hetero) is 1. The van der Waals surface area contributed by atoms with Crippen LogP contribution in [0.4, 0.5) is 11.4 Å². The molecule has 1 aliphatic rings. The van der Waals surface area contributed by atoms with Gasteiger partial charge in [-0.25, -0.2) is 0 Å². The van der Waals surface area contributed by atoms with Gasteiger partial charge in [-0.2, -0.15) is 0 Å². The molecule has 1 aromatic carbocycles. The van der Waals surface area contributed by atoms with Crippen LogP contribution in [0.5, 0.6) is 0 Å². The topological polar surface area (TPSA) is 75.5 Å². The predicted octanol–water partition coefficient (Wildman–Crippen LogP) is 3.33. The molecule has 0 aliphatic carbocycles. The zero-order valence-corrected chi connectivity index (χ0v) is 14.0. The molecule has 1 aromatic rings. The van der Waals surface area contributed by atoms with Crippen molar-refractivity contribution in [1.82, 2.24) is 4.90 Å². The number of hydrogen-bond donors (Lipinski definition) is 1. The molecule has 23 heavy (non-hydrogen) atoms. The molecular formula is C17H25N3O3. The maximum atomic E-state index is 11.4. The minimum atomic E-state index is -0.428. The Morgan fingerprint density at radius 2 is 2.04 bits per heavy atom. The van der Waals surface area contributed by atoms with E-state index in [1.165, 1.54) is 13.0 Å². The van der Waals surface area contributed by atoms with Crippen molar-refractivity contribution in [1.29, 1.82) is 0 Å². The van der Waals surface area contributed by atoms with Crippen molar-refractivity contribution < 1.29 is 9.72 Å². The first kappa shape index (κ1) is 17.4. The number of nitrogens with one attached hydrogen (secondary N) is 1. The van der Waals surface area contributed by atoms with Crippen LogP contribution in [0.2, 0.25) is 0 Å². The fourth-order valence-electron chi connectivity index (χ4n) is 3.02. The molecule has 0 aromatic heterocycles. The van der Waals surface area contributed by atoms with Crippen LogP contribution >= 0.6 is 0 Å². The van der Waals surface area contributed by atoms with Crippen LogP contribution in [0.3, 0.4) is 0 Å². The molecule has 1 N–H and O–H groups in total. The van der Waals surface area contributed by atoms with E-state index < -0.39 is 4.92 Å². The number of anilines is 1. The van der Waals surface area contributed by atoms with E-state index in [2.05, 4.69) is 24.1 Å². The summed E-state index contributed by atoms with van der Waals surface area (Å²) in [4.78, 5) is 24.7. The van der Waals surface area contributed by atoms with E-state index in [9.17, 15) is 14.9 Å². The molecule has 1 fully saturated rings. The molecule has 2 rings (SSSR count). The van der Waals surface area contributed by atoms with Crippen molar-refractivity contribution in [2.45, 2.75) is 39.7 Å². The van der Waals surface area contributed by atoms with Gasteiger partial charge < -0.3 is 10.2 Å². The van der Waals surface area contributed by atoms with Crippen molar-refractivity contribution >= 4 is 17.2 Å². The molecule has 0 saturated carbocycles. The molecule has 1 saturated heterocycles. The third-order valence-corrected chi connectivity index (χ3v) is 4.17. The number of piperidine rings is 1. The molecule has 6 heteroatoms. The summed E-state index contributed by atoms with van der Waals surface area (Å²) in [5.74, 6) is 0.487. The van der Waals surface area contributed by atoms with Gasteiger partial charge in [0.05, 0.1) is 4.92 Å². The first-order valence-corrected chi connectivity index (χ1v) is 8.15. The summed E-state index contributed by atoms with van der Waals surface area (Å²) < 4.78 is 0. The van der Waals surface area contributed by atoms with Crippen LogP contribution in [0.25, 0.3) is 0 Å². The molecule has 0 amide bonds. The van der Waals surface area contributed by atoms with E-state index in [1.807, 2.05) is 0 Å². The highest BCUT2D eigenvalue weighted by atomic mass is 16.6. The van der Waals surface area contributed by atoms with Gasteiger partial charge in [-0.3, -0.25) is 14.9 Å². The Morgan fingerprint density at radius 1 is 1.39 bits per heavy atom. The summed E-state index contributed by atoms with van der Waals surface area (Å²) in [5.41, 5.74) is 0.846. The largest absolute Gasteiger partial charge is 0.377 e. The smallest absolute Gasteiger partial charge is 0.293 e. The Labute approximate surface area is 137 Å². The van der Waals surface area contributed by atoms with E-state index in [0.717, 1.165) is 32.5 Å². The number of ketones is 1.